The summed E-state index contributed by atoms with van der Waals surface area (Å²) in [6.45, 7) is 15.4. The maximum Gasteiger partial charge on any atom is 0.508 e. The second-order valence-electron chi connectivity index (χ2n) is 12.2. The van der Waals surface area contributed by atoms with Crippen LogP contribution in [0.3, 0.4) is 0 Å². The lowest BCUT2D eigenvalue weighted by Gasteiger charge is -2.38. The van der Waals surface area contributed by atoms with Crippen LogP contribution in [0.1, 0.15) is 119 Å². The molecule has 0 aromatic carbocycles. The lowest BCUT2D eigenvalue weighted by atomic mass is 9.68. The van der Waals surface area contributed by atoms with Crippen LogP contribution >= 0.6 is 0 Å². The normalized spacial score (nSPS) is 27.8. The van der Waals surface area contributed by atoms with Crippen molar-refractivity contribution in [3.63, 3.8) is 0 Å². The third-order valence-electron chi connectivity index (χ3n) is 8.14. The molecule has 3 nitrogen and oxygen atoms in total. The topological polar surface area (TPSA) is 35.5 Å². The van der Waals surface area contributed by atoms with Gasteiger partial charge in [-0.15, -0.1) is 0 Å². The Morgan fingerprint density at radius 1 is 0.800 bits per heavy atom. The molecule has 2 rings (SSSR count). The Bertz CT molecular complexity index is 466. The molecular weight excluding hydrogens is 372 g/mol. The number of carbonyl (C=O) groups is 1. The van der Waals surface area contributed by atoms with Crippen molar-refractivity contribution in [2.45, 2.75) is 119 Å². The molecule has 0 aromatic heterocycles. The monoisotopic (exact) mass is 422 g/mol. The highest BCUT2D eigenvalue weighted by atomic mass is 16.7. The van der Waals surface area contributed by atoms with Gasteiger partial charge in [-0.3, -0.25) is 0 Å². The van der Waals surface area contributed by atoms with E-state index in [9.17, 15) is 4.79 Å². The largest absolute Gasteiger partial charge is 0.508 e. The molecule has 4 unspecified atom stereocenters. The van der Waals surface area contributed by atoms with E-state index in [1.54, 1.807) is 0 Å². The van der Waals surface area contributed by atoms with Gasteiger partial charge < -0.3 is 9.47 Å². The fourth-order valence-electron chi connectivity index (χ4n) is 6.12. The molecule has 4 atom stereocenters. The predicted octanol–water partition coefficient (Wildman–Crippen LogP) is 8.41. The maximum atomic E-state index is 11.9. The van der Waals surface area contributed by atoms with Gasteiger partial charge in [0.15, 0.2) is 0 Å². The van der Waals surface area contributed by atoms with Gasteiger partial charge in [0.25, 0.3) is 0 Å². The van der Waals surface area contributed by atoms with E-state index in [1.807, 2.05) is 0 Å². The summed E-state index contributed by atoms with van der Waals surface area (Å²) < 4.78 is 10.6. The van der Waals surface area contributed by atoms with Crippen molar-refractivity contribution in [2.75, 3.05) is 13.2 Å². The van der Waals surface area contributed by atoms with Crippen LogP contribution < -0.4 is 0 Å². The van der Waals surface area contributed by atoms with Gasteiger partial charge >= 0.3 is 6.16 Å². The molecule has 0 spiro atoms. The van der Waals surface area contributed by atoms with Crippen LogP contribution in [0.2, 0.25) is 0 Å². The molecule has 2 fully saturated rings. The number of hydrogen-bond donors (Lipinski definition) is 0. The van der Waals surface area contributed by atoms with E-state index >= 15 is 0 Å². The average Bonchev–Trinajstić information content (AvgIpc) is 2.66. The van der Waals surface area contributed by atoms with Gasteiger partial charge in [-0.1, -0.05) is 67.2 Å². The van der Waals surface area contributed by atoms with Crippen LogP contribution in [0.15, 0.2) is 0 Å². The Morgan fingerprint density at radius 3 is 1.57 bits per heavy atom. The zero-order valence-electron chi connectivity index (χ0n) is 20.9. The molecule has 3 heteroatoms. The fraction of sp³-hybridized carbons (Fsp3) is 0.963. The molecule has 0 radical (unpaired) electrons. The minimum atomic E-state index is -0.479. The molecule has 0 aliphatic heterocycles. The Kier molecular flexibility index (Phi) is 10.0. The van der Waals surface area contributed by atoms with Crippen LogP contribution in [-0.2, 0) is 9.47 Å². The van der Waals surface area contributed by atoms with Crippen molar-refractivity contribution >= 4 is 6.16 Å². The first-order valence-electron chi connectivity index (χ1n) is 12.9. The van der Waals surface area contributed by atoms with Crippen molar-refractivity contribution in [1.29, 1.82) is 0 Å². The van der Waals surface area contributed by atoms with Crippen molar-refractivity contribution in [1.82, 2.24) is 0 Å². The van der Waals surface area contributed by atoms with Gasteiger partial charge in [0, 0.05) is 0 Å². The number of ether oxygens (including phenoxy) is 2. The minimum absolute atomic E-state index is 0.479. The van der Waals surface area contributed by atoms with Gasteiger partial charge in [-0.25, -0.2) is 4.79 Å². The smallest absolute Gasteiger partial charge is 0.434 e. The highest BCUT2D eigenvalue weighted by Gasteiger charge is 2.31. The summed E-state index contributed by atoms with van der Waals surface area (Å²) in [5.41, 5.74) is 1.00. The Hall–Kier alpha value is -0.730. The SMILES string of the molecule is CC(CCCOC(=O)OCCCC(C)C1CCCC(C)(C)C1)C1CCCC(C)(C)C1. The zero-order chi connectivity index (χ0) is 22.2. The molecule has 2 saturated carbocycles. The minimum Gasteiger partial charge on any atom is -0.434 e. The van der Waals surface area contributed by atoms with E-state index in [4.69, 9.17) is 9.47 Å². The second kappa shape index (κ2) is 11.8. The molecule has 176 valence electrons. The number of carbonyl (C=O) groups excluding carboxylic acids is 1. The van der Waals surface area contributed by atoms with Crippen LogP contribution in [0.4, 0.5) is 4.79 Å². The lowest BCUT2D eigenvalue weighted by Crippen LogP contribution is -2.27. The van der Waals surface area contributed by atoms with Gasteiger partial charge in [-0.2, -0.15) is 0 Å². The molecule has 0 amide bonds. The molecule has 0 bridgehead atoms. The third-order valence-corrected chi connectivity index (χ3v) is 8.14. The summed E-state index contributed by atoms with van der Waals surface area (Å²) >= 11 is 0. The van der Waals surface area contributed by atoms with E-state index in [0.29, 0.717) is 24.0 Å². The molecule has 30 heavy (non-hydrogen) atoms. The molecule has 0 aromatic rings. The highest BCUT2D eigenvalue weighted by molar-refractivity contribution is 5.59. The molecular formula is C27H50O3. The van der Waals surface area contributed by atoms with Gasteiger partial charge in [0.1, 0.15) is 0 Å². The molecule has 0 heterocycles. The standard InChI is InChI=1S/C27H50O3/c1-21(23-13-7-15-26(3,4)19-23)11-9-17-29-25(28)30-18-10-12-22(2)24-14-8-16-27(5,6)20-24/h21-24H,7-20H2,1-6H3. The summed E-state index contributed by atoms with van der Waals surface area (Å²) in [6.07, 6.45) is 14.6. The average molecular weight is 423 g/mol. The zero-order valence-corrected chi connectivity index (χ0v) is 20.9. The maximum absolute atomic E-state index is 11.9. The van der Waals surface area contributed by atoms with E-state index in [1.165, 1.54) is 51.4 Å². The first-order chi connectivity index (χ1) is 14.1. The first-order valence-corrected chi connectivity index (χ1v) is 12.9. The van der Waals surface area contributed by atoms with Gasteiger partial charge in [0.05, 0.1) is 13.2 Å². The Balaban J connectivity index is 1.50. The van der Waals surface area contributed by atoms with E-state index < -0.39 is 6.16 Å². The molecule has 0 saturated heterocycles. The summed E-state index contributed by atoms with van der Waals surface area (Å²) in [6, 6.07) is 0. The lowest BCUT2D eigenvalue weighted by molar-refractivity contribution is 0.0487. The van der Waals surface area contributed by atoms with Crippen molar-refractivity contribution in [2.24, 2.45) is 34.5 Å². The van der Waals surface area contributed by atoms with Crippen LogP contribution in [-0.4, -0.2) is 19.4 Å². The van der Waals surface area contributed by atoms with Crippen molar-refractivity contribution < 1.29 is 14.3 Å². The molecule has 2 aliphatic carbocycles. The fourth-order valence-corrected chi connectivity index (χ4v) is 6.12. The van der Waals surface area contributed by atoms with Crippen molar-refractivity contribution in [3.8, 4) is 0 Å². The molecule has 0 N–H and O–H groups in total. The summed E-state index contributed by atoms with van der Waals surface area (Å²) in [5.74, 6) is 3.10. The highest BCUT2D eigenvalue weighted by Crippen LogP contribution is 2.43. The van der Waals surface area contributed by atoms with Crippen molar-refractivity contribution in [3.05, 3.63) is 0 Å². The first kappa shape index (κ1) is 25.5. The quantitative estimate of drug-likeness (QED) is 0.262. The van der Waals surface area contributed by atoms with Crippen LogP contribution in [0, 0.1) is 34.5 Å². The van der Waals surface area contributed by atoms with Crippen LogP contribution in [0.25, 0.3) is 0 Å². The van der Waals surface area contributed by atoms with Gasteiger partial charge in [0.2, 0.25) is 0 Å². The predicted molar refractivity (Wildman–Crippen MR) is 126 cm³/mol. The van der Waals surface area contributed by atoms with E-state index in [0.717, 1.165) is 49.4 Å². The number of hydrogen-bond acceptors (Lipinski definition) is 3. The third kappa shape index (κ3) is 9.18. The van der Waals surface area contributed by atoms with Gasteiger partial charge in [-0.05, 0) is 85.9 Å². The van der Waals surface area contributed by atoms with E-state index in [2.05, 4.69) is 41.5 Å². The number of rotatable bonds is 10. The van der Waals surface area contributed by atoms with Crippen LogP contribution in [0.5, 0.6) is 0 Å². The van der Waals surface area contributed by atoms with E-state index in [-0.39, 0.29) is 0 Å². The Morgan fingerprint density at radius 2 is 1.20 bits per heavy atom. The Labute approximate surface area is 187 Å². The molecule has 2 aliphatic rings. The summed E-state index contributed by atoms with van der Waals surface area (Å²) in [5, 5.41) is 0. The summed E-state index contributed by atoms with van der Waals surface area (Å²) in [7, 11) is 0. The summed E-state index contributed by atoms with van der Waals surface area (Å²) in [4.78, 5) is 11.9. The second-order valence-corrected chi connectivity index (χ2v) is 12.2.